The summed E-state index contributed by atoms with van der Waals surface area (Å²) in [5.41, 5.74) is 0.686. The lowest BCUT2D eigenvalue weighted by atomic mass is 10.1. The van der Waals surface area contributed by atoms with E-state index in [4.69, 9.17) is 4.42 Å². The first kappa shape index (κ1) is 21.6. The van der Waals surface area contributed by atoms with Crippen molar-refractivity contribution in [1.29, 1.82) is 0 Å². The van der Waals surface area contributed by atoms with Crippen molar-refractivity contribution in [3.05, 3.63) is 59.8 Å². The number of nitrogens with zero attached hydrogens (tertiary/aromatic N) is 2. The largest absolute Gasteiger partial charge is 0.468 e. The van der Waals surface area contributed by atoms with Crippen molar-refractivity contribution >= 4 is 11.8 Å². The van der Waals surface area contributed by atoms with Crippen LogP contribution in [-0.2, 0) is 16.1 Å². The summed E-state index contributed by atoms with van der Waals surface area (Å²) in [6.07, 6.45) is 7.22. The number of amides is 2. The first-order chi connectivity index (χ1) is 15.1. The van der Waals surface area contributed by atoms with E-state index in [1.807, 2.05) is 12.1 Å². The highest BCUT2D eigenvalue weighted by molar-refractivity contribution is 5.90. The lowest BCUT2D eigenvalue weighted by Gasteiger charge is -2.30. The van der Waals surface area contributed by atoms with Crippen LogP contribution in [0.25, 0.3) is 0 Å². The Labute approximate surface area is 182 Å². The van der Waals surface area contributed by atoms with Gasteiger partial charge in [-0.2, -0.15) is 0 Å². The van der Waals surface area contributed by atoms with Crippen molar-refractivity contribution in [2.45, 2.75) is 57.2 Å². The molecule has 0 aliphatic carbocycles. The van der Waals surface area contributed by atoms with Crippen LogP contribution in [0.4, 0.5) is 4.39 Å². The van der Waals surface area contributed by atoms with Gasteiger partial charge in [-0.3, -0.25) is 14.5 Å². The Balaban J connectivity index is 1.42. The Kier molecular flexibility index (Phi) is 7.02. The van der Waals surface area contributed by atoms with Gasteiger partial charge in [-0.05, 0) is 62.2 Å². The molecule has 2 aliphatic heterocycles. The summed E-state index contributed by atoms with van der Waals surface area (Å²) in [7, 11) is 0. The van der Waals surface area contributed by atoms with Crippen LogP contribution in [0.15, 0.2) is 47.1 Å². The van der Waals surface area contributed by atoms with Gasteiger partial charge in [0.2, 0.25) is 11.8 Å². The predicted octanol–water partition coefficient (Wildman–Crippen LogP) is 3.64. The molecule has 0 bridgehead atoms. The van der Waals surface area contributed by atoms with E-state index in [1.54, 1.807) is 23.3 Å². The zero-order chi connectivity index (χ0) is 21.6. The van der Waals surface area contributed by atoms with Crippen LogP contribution in [0.1, 0.15) is 55.9 Å². The highest BCUT2D eigenvalue weighted by Crippen LogP contribution is 2.26. The van der Waals surface area contributed by atoms with Crippen LogP contribution in [0.2, 0.25) is 0 Å². The number of rotatable bonds is 7. The lowest BCUT2D eigenvalue weighted by molar-refractivity contribution is -0.135. The van der Waals surface area contributed by atoms with Gasteiger partial charge in [0.25, 0.3) is 0 Å². The van der Waals surface area contributed by atoms with Gasteiger partial charge in [0.05, 0.1) is 12.3 Å². The number of carbonyl (C=O) groups is 2. The number of nitrogens with one attached hydrogen (secondary N) is 1. The molecule has 1 aromatic carbocycles. The maximum Gasteiger partial charge on any atom is 0.242 e. The van der Waals surface area contributed by atoms with Gasteiger partial charge in [-0.25, -0.2) is 4.39 Å². The second kappa shape index (κ2) is 10.1. The van der Waals surface area contributed by atoms with Crippen LogP contribution >= 0.6 is 0 Å². The van der Waals surface area contributed by atoms with Crippen LogP contribution < -0.4 is 5.32 Å². The summed E-state index contributed by atoms with van der Waals surface area (Å²) in [4.78, 5) is 29.4. The molecule has 2 aliphatic rings. The normalized spacial score (nSPS) is 21.1. The van der Waals surface area contributed by atoms with Crippen LogP contribution in [0.5, 0.6) is 0 Å². The maximum atomic E-state index is 13.5. The minimum Gasteiger partial charge on any atom is -0.468 e. The molecule has 3 heterocycles. The summed E-state index contributed by atoms with van der Waals surface area (Å²) in [6, 6.07) is 9.45. The number of halogens is 1. The zero-order valence-electron chi connectivity index (χ0n) is 17.8. The topological polar surface area (TPSA) is 65.8 Å². The summed E-state index contributed by atoms with van der Waals surface area (Å²) in [5.74, 6) is 0.276. The molecule has 6 nitrogen and oxygen atoms in total. The first-order valence-electron chi connectivity index (χ1n) is 11.2. The molecule has 7 heteroatoms. The van der Waals surface area contributed by atoms with Crippen LogP contribution in [-0.4, -0.2) is 47.3 Å². The molecule has 1 N–H and O–H groups in total. The Hall–Kier alpha value is -2.67. The van der Waals surface area contributed by atoms with E-state index in [9.17, 15) is 14.0 Å². The zero-order valence-corrected chi connectivity index (χ0v) is 17.8. The molecule has 31 heavy (non-hydrogen) atoms. The maximum absolute atomic E-state index is 13.5. The SMILES string of the molecule is O=C(NCC(c1ccco1)N1CCCCCC1)C1CCC(=O)N1Cc1cccc(F)c1. The smallest absolute Gasteiger partial charge is 0.242 e. The monoisotopic (exact) mass is 427 g/mol. The fourth-order valence-electron chi connectivity index (χ4n) is 4.65. The first-order valence-corrected chi connectivity index (χ1v) is 11.2. The van der Waals surface area contributed by atoms with Gasteiger partial charge < -0.3 is 14.6 Å². The molecule has 2 aromatic rings. The Morgan fingerprint density at radius 1 is 1.16 bits per heavy atom. The van der Waals surface area contributed by atoms with Crippen molar-refractivity contribution in [2.75, 3.05) is 19.6 Å². The van der Waals surface area contributed by atoms with Crippen molar-refractivity contribution in [1.82, 2.24) is 15.1 Å². The van der Waals surface area contributed by atoms with Gasteiger partial charge in [0.15, 0.2) is 0 Å². The van der Waals surface area contributed by atoms with E-state index in [0.717, 1.165) is 31.7 Å². The van der Waals surface area contributed by atoms with E-state index in [0.29, 0.717) is 24.9 Å². The van der Waals surface area contributed by atoms with E-state index in [2.05, 4.69) is 10.2 Å². The molecule has 0 radical (unpaired) electrons. The molecule has 2 fully saturated rings. The van der Waals surface area contributed by atoms with Crippen molar-refractivity contribution in [3.8, 4) is 0 Å². The Morgan fingerprint density at radius 2 is 1.97 bits per heavy atom. The molecule has 2 saturated heterocycles. The van der Waals surface area contributed by atoms with Gasteiger partial charge in [-0.1, -0.05) is 25.0 Å². The second-order valence-corrected chi connectivity index (χ2v) is 8.43. The minimum atomic E-state index is -0.530. The molecule has 2 amide bonds. The third kappa shape index (κ3) is 5.34. The van der Waals surface area contributed by atoms with E-state index in [-0.39, 0.29) is 30.2 Å². The number of hydrogen-bond donors (Lipinski definition) is 1. The van der Waals surface area contributed by atoms with Gasteiger partial charge in [-0.15, -0.1) is 0 Å². The number of furan rings is 1. The minimum absolute atomic E-state index is 0.0224. The Bertz CT molecular complexity index is 878. The summed E-state index contributed by atoms with van der Waals surface area (Å²) >= 11 is 0. The molecule has 2 unspecified atom stereocenters. The molecular weight excluding hydrogens is 397 g/mol. The van der Waals surface area contributed by atoms with Crippen molar-refractivity contribution in [3.63, 3.8) is 0 Å². The molecule has 1 aromatic heterocycles. The van der Waals surface area contributed by atoms with E-state index in [1.165, 1.54) is 25.0 Å². The van der Waals surface area contributed by atoms with Crippen molar-refractivity contribution in [2.24, 2.45) is 0 Å². The van der Waals surface area contributed by atoms with Gasteiger partial charge >= 0.3 is 0 Å². The van der Waals surface area contributed by atoms with Crippen molar-refractivity contribution < 1.29 is 18.4 Å². The van der Waals surface area contributed by atoms with Gasteiger partial charge in [0.1, 0.15) is 17.6 Å². The van der Waals surface area contributed by atoms with E-state index < -0.39 is 6.04 Å². The third-order valence-electron chi connectivity index (χ3n) is 6.30. The molecule has 4 rings (SSSR count). The third-order valence-corrected chi connectivity index (χ3v) is 6.30. The van der Waals surface area contributed by atoms with Crippen LogP contribution in [0, 0.1) is 5.82 Å². The quantitative estimate of drug-likeness (QED) is 0.733. The molecule has 166 valence electrons. The number of benzene rings is 1. The predicted molar refractivity (Wildman–Crippen MR) is 114 cm³/mol. The second-order valence-electron chi connectivity index (χ2n) is 8.43. The Morgan fingerprint density at radius 3 is 2.68 bits per heavy atom. The average Bonchev–Trinajstić information content (AvgIpc) is 3.32. The number of hydrogen-bond acceptors (Lipinski definition) is 4. The molecular formula is C24H30FN3O3. The summed E-state index contributed by atoms with van der Waals surface area (Å²) < 4.78 is 19.2. The number of likely N-dealkylation sites (tertiary alicyclic amines) is 2. The van der Waals surface area contributed by atoms with E-state index >= 15 is 0 Å². The number of carbonyl (C=O) groups excluding carboxylic acids is 2. The highest BCUT2D eigenvalue weighted by Gasteiger charge is 2.36. The average molecular weight is 428 g/mol. The summed E-state index contributed by atoms with van der Waals surface area (Å²) in [5, 5.41) is 3.07. The fourth-order valence-corrected chi connectivity index (χ4v) is 4.65. The molecule has 0 saturated carbocycles. The standard InChI is InChI=1S/C24H30FN3O3/c25-19-8-5-7-18(15-19)17-28-20(10-11-23(28)29)24(30)26-16-21(22-9-6-14-31-22)27-12-3-1-2-4-13-27/h5-9,14-15,20-21H,1-4,10-13,16-17H2,(H,26,30). The molecule has 0 spiro atoms. The van der Waals surface area contributed by atoms with Crippen LogP contribution in [0.3, 0.4) is 0 Å². The van der Waals surface area contributed by atoms with Gasteiger partial charge in [0, 0.05) is 19.5 Å². The highest BCUT2D eigenvalue weighted by atomic mass is 19.1. The lowest BCUT2D eigenvalue weighted by Crippen LogP contribution is -2.47. The fraction of sp³-hybridized carbons (Fsp3) is 0.500. The summed E-state index contributed by atoms with van der Waals surface area (Å²) in [6.45, 7) is 2.64. The molecule has 2 atom stereocenters.